The average molecular weight is 307 g/mol. The van der Waals surface area contributed by atoms with Crippen LogP contribution in [0.2, 0.25) is 0 Å². The van der Waals surface area contributed by atoms with E-state index in [4.69, 9.17) is 0 Å². The van der Waals surface area contributed by atoms with E-state index < -0.39 is 11.1 Å². The molecular weight excluding hydrogens is 295 g/mol. The molecule has 2 rings (SSSR count). The summed E-state index contributed by atoms with van der Waals surface area (Å²) in [4.78, 5) is 10.4. The van der Waals surface area contributed by atoms with Gasteiger partial charge >= 0.3 is 6.18 Å². The third-order valence-electron chi connectivity index (χ3n) is 2.56. The van der Waals surface area contributed by atoms with Gasteiger partial charge in [-0.15, -0.1) is 11.3 Å². The standard InChI is InChI=1S/C11H12F3N3S2/c1-7-16-10(18-2)15-6-17(7)5-8-3-4-9(19-8)11(12,13)14/h3-4H,5-6H2,1-2H3. The summed E-state index contributed by atoms with van der Waals surface area (Å²) >= 11 is 2.22. The highest BCUT2D eigenvalue weighted by Crippen LogP contribution is 2.35. The Morgan fingerprint density at radius 1 is 1.42 bits per heavy atom. The maximum Gasteiger partial charge on any atom is 0.425 e. The molecule has 0 spiro atoms. The van der Waals surface area contributed by atoms with E-state index in [0.717, 1.165) is 23.2 Å². The average Bonchev–Trinajstić information content (AvgIpc) is 2.80. The van der Waals surface area contributed by atoms with Gasteiger partial charge in [0.05, 0.1) is 6.54 Å². The van der Waals surface area contributed by atoms with Crippen LogP contribution in [0.4, 0.5) is 13.2 Å². The highest BCUT2D eigenvalue weighted by molar-refractivity contribution is 8.13. The van der Waals surface area contributed by atoms with E-state index in [-0.39, 0.29) is 0 Å². The first kappa shape index (κ1) is 14.4. The third-order valence-corrected chi connectivity index (χ3v) is 4.26. The summed E-state index contributed by atoms with van der Waals surface area (Å²) in [5.74, 6) is 0.779. The molecule has 0 unspecified atom stereocenters. The van der Waals surface area contributed by atoms with Crippen molar-refractivity contribution in [1.29, 1.82) is 0 Å². The van der Waals surface area contributed by atoms with E-state index in [0.29, 0.717) is 23.3 Å². The zero-order chi connectivity index (χ0) is 14.0. The highest BCUT2D eigenvalue weighted by Gasteiger charge is 2.32. The maximum absolute atomic E-state index is 12.5. The normalized spacial score (nSPS) is 16.4. The fourth-order valence-electron chi connectivity index (χ4n) is 1.57. The molecule has 2 heterocycles. The largest absolute Gasteiger partial charge is 0.425 e. The van der Waals surface area contributed by atoms with Crippen molar-refractivity contribution in [2.24, 2.45) is 9.98 Å². The summed E-state index contributed by atoms with van der Waals surface area (Å²) in [6, 6.07) is 2.63. The summed E-state index contributed by atoms with van der Waals surface area (Å²) in [6.45, 7) is 2.68. The van der Waals surface area contributed by atoms with Gasteiger partial charge in [-0.3, -0.25) is 0 Å². The van der Waals surface area contributed by atoms with Crippen LogP contribution < -0.4 is 0 Å². The summed E-state index contributed by atoms with van der Waals surface area (Å²) in [5, 5.41) is 0.705. The van der Waals surface area contributed by atoms with Gasteiger partial charge in [-0.2, -0.15) is 13.2 Å². The third kappa shape index (κ3) is 3.50. The number of rotatable bonds is 2. The number of aliphatic imine (C=N–C) groups is 2. The Bertz CT molecular complexity index is 520. The number of nitrogens with zero attached hydrogens (tertiary/aromatic N) is 3. The van der Waals surface area contributed by atoms with Gasteiger partial charge in [-0.25, -0.2) is 9.98 Å². The van der Waals surface area contributed by atoms with E-state index in [1.54, 1.807) is 0 Å². The van der Waals surface area contributed by atoms with Gasteiger partial charge in [-0.05, 0) is 25.3 Å². The van der Waals surface area contributed by atoms with E-state index in [1.807, 2.05) is 18.1 Å². The van der Waals surface area contributed by atoms with Crippen molar-refractivity contribution in [3.05, 3.63) is 21.9 Å². The molecule has 0 saturated carbocycles. The summed E-state index contributed by atoms with van der Waals surface area (Å²) in [7, 11) is 0. The summed E-state index contributed by atoms with van der Waals surface area (Å²) < 4.78 is 37.5. The van der Waals surface area contributed by atoms with Crippen molar-refractivity contribution >= 4 is 34.1 Å². The topological polar surface area (TPSA) is 28.0 Å². The quantitative estimate of drug-likeness (QED) is 0.834. The van der Waals surface area contributed by atoms with Gasteiger partial charge in [0.25, 0.3) is 0 Å². The number of alkyl halides is 3. The van der Waals surface area contributed by atoms with Gasteiger partial charge in [0.15, 0.2) is 5.17 Å². The zero-order valence-electron chi connectivity index (χ0n) is 10.4. The Morgan fingerprint density at radius 2 is 2.16 bits per heavy atom. The Morgan fingerprint density at radius 3 is 2.68 bits per heavy atom. The van der Waals surface area contributed by atoms with Gasteiger partial charge in [0, 0.05) is 4.88 Å². The fraction of sp³-hybridized carbons (Fsp3) is 0.455. The van der Waals surface area contributed by atoms with Crippen molar-refractivity contribution in [2.45, 2.75) is 19.6 Å². The van der Waals surface area contributed by atoms with Gasteiger partial charge < -0.3 is 4.90 Å². The molecule has 0 saturated heterocycles. The lowest BCUT2D eigenvalue weighted by Crippen LogP contribution is -2.32. The molecule has 1 aliphatic rings. The van der Waals surface area contributed by atoms with Crippen LogP contribution in [0.15, 0.2) is 22.1 Å². The van der Waals surface area contributed by atoms with E-state index in [2.05, 4.69) is 9.98 Å². The van der Waals surface area contributed by atoms with Crippen LogP contribution in [0.25, 0.3) is 0 Å². The minimum Gasteiger partial charge on any atom is -0.335 e. The van der Waals surface area contributed by atoms with Crippen LogP contribution in [0.1, 0.15) is 16.7 Å². The molecule has 19 heavy (non-hydrogen) atoms. The summed E-state index contributed by atoms with van der Waals surface area (Å²) in [5.41, 5.74) is 0. The first-order valence-electron chi connectivity index (χ1n) is 5.44. The Labute approximate surface area is 117 Å². The molecule has 0 bridgehead atoms. The SMILES string of the molecule is CSC1=NCN(Cc2ccc(C(F)(F)F)s2)C(C)=N1. The fourth-order valence-corrected chi connectivity index (χ4v) is 2.87. The Hall–Kier alpha value is -1.02. The number of amidine groups is 2. The molecule has 1 aliphatic heterocycles. The zero-order valence-corrected chi connectivity index (χ0v) is 12.0. The van der Waals surface area contributed by atoms with Crippen molar-refractivity contribution < 1.29 is 13.2 Å². The molecule has 8 heteroatoms. The predicted molar refractivity (Wildman–Crippen MR) is 73.8 cm³/mol. The summed E-state index contributed by atoms with van der Waals surface area (Å²) in [6.07, 6.45) is -2.38. The molecule has 1 aromatic rings. The maximum atomic E-state index is 12.5. The van der Waals surface area contributed by atoms with Gasteiger partial charge in [0.1, 0.15) is 17.4 Å². The molecule has 0 amide bonds. The number of hydrogen-bond donors (Lipinski definition) is 0. The Kier molecular flexibility index (Phi) is 4.19. The van der Waals surface area contributed by atoms with E-state index >= 15 is 0 Å². The second-order valence-electron chi connectivity index (χ2n) is 3.91. The second kappa shape index (κ2) is 5.54. The molecule has 0 radical (unpaired) electrons. The minimum atomic E-state index is -4.27. The first-order valence-corrected chi connectivity index (χ1v) is 7.49. The van der Waals surface area contributed by atoms with Crippen molar-refractivity contribution in [3.8, 4) is 0 Å². The molecule has 1 aromatic heterocycles. The van der Waals surface area contributed by atoms with Crippen LogP contribution in [0, 0.1) is 0 Å². The van der Waals surface area contributed by atoms with Gasteiger partial charge in [0.2, 0.25) is 0 Å². The number of thiophene rings is 1. The lowest BCUT2D eigenvalue weighted by molar-refractivity contribution is -0.134. The van der Waals surface area contributed by atoms with Crippen LogP contribution >= 0.6 is 23.1 Å². The van der Waals surface area contributed by atoms with Crippen molar-refractivity contribution in [2.75, 3.05) is 12.9 Å². The molecule has 3 nitrogen and oxygen atoms in total. The Balaban J connectivity index is 2.05. The van der Waals surface area contributed by atoms with E-state index in [9.17, 15) is 13.2 Å². The molecule has 0 aromatic carbocycles. The molecular formula is C11H12F3N3S2. The van der Waals surface area contributed by atoms with Crippen LogP contribution in [0.3, 0.4) is 0 Å². The lowest BCUT2D eigenvalue weighted by Gasteiger charge is -2.24. The molecule has 0 N–H and O–H groups in total. The van der Waals surface area contributed by atoms with Crippen LogP contribution in [0.5, 0.6) is 0 Å². The van der Waals surface area contributed by atoms with Crippen LogP contribution in [-0.4, -0.2) is 28.8 Å². The second-order valence-corrected chi connectivity index (χ2v) is 5.85. The van der Waals surface area contributed by atoms with E-state index in [1.165, 1.54) is 17.8 Å². The van der Waals surface area contributed by atoms with Crippen molar-refractivity contribution in [1.82, 2.24) is 4.90 Å². The number of thioether (sulfide) groups is 1. The highest BCUT2D eigenvalue weighted by atomic mass is 32.2. The first-order chi connectivity index (χ1) is 8.90. The predicted octanol–water partition coefficient (Wildman–Crippen LogP) is 3.68. The van der Waals surface area contributed by atoms with Crippen LogP contribution in [-0.2, 0) is 12.7 Å². The lowest BCUT2D eigenvalue weighted by atomic mass is 10.4. The molecule has 0 aliphatic carbocycles. The molecule has 104 valence electrons. The van der Waals surface area contributed by atoms with Gasteiger partial charge in [-0.1, -0.05) is 11.8 Å². The minimum absolute atomic E-state index is 0.404. The smallest absolute Gasteiger partial charge is 0.335 e. The molecule has 0 fully saturated rings. The molecule has 0 atom stereocenters. The number of hydrogen-bond acceptors (Lipinski definition) is 5. The monoisotopic (exact) mass is 307 g/mol. The van der Waals surface area contributed by atoms with Crippen molar-refractivity contribution in [3.63, 3.8) is 0 Å². The number of halogens is 3.